The van der Waals surface area contributed by atoms with Gasteiger partial charge in [0.2, 0.25) is 0 Å². The molecule has 0 heterocycles. The minimum atomic E-state index is -1.24. The van der Waals surface area contributed by atoms with Crippen LogP contribution in [0.15, 0.2) is 72.8 Å². The van der Waals surface area contributed by atoms with Crippen LogP contribution in [0.25, 0.3) is 11.1 Å². The lowest BCUT2D eigenvalue weighted by atomic mass is 9.98. The Morgan fingerprint density at radius 1 is 0.967 bits per heavy atom. The number of amides is 1. The summed E-state index contributed by atoms with van der Waals surface area (Å²) in [4.78, 5) is 24.2. The molecule has 0 unspecified atom stereocenters. The van der Waals surface area contributed by atoms with E-state index in [1.54, 1.807) is 24.3 Å². The first-order valence-corrected chi connectivity index (χ1v) is 9.56. The molecule has 1 aliphatic rings. The van der Waals surface area contributed by atoms with Crippen LogP contribution in [0.5, 0.6) is 5.75 Å². The number of methoxy groups -OCH3 is 1. The van der Waals surface area contributed by atoms with Crippen LogP contribution in [-0.4, -0.2) is 30.9 Å². The van der Waals surface area contributed by atoms with Gasteiger partial charge in [0.25, 0.3) is 0 Å². The molecule has 0 aliphatic heterocycles. The molecule has 3 aromatic rings. The molecule has 1 amide bonds. The van der Waals surface area contributed by atoms with Crippen molar-refractivity contribution >= 4 is 12.1 Å². The summed E-state index contributed by atoms with van der Waals surface area (Å²) in [7, 11) is 1.49. The highest BCUT2D eigenvalue weighted by molar-refractivity contribution is 5.82. The summed E-state index contributed by atoms with van der Waals surface area (Å²) < 4.78 is 10.6. The Morgan fingerprint density at radius 3 is 2.20 bits per heavy atom. The number of aliphatic carboxylic acids is 1. The minimum Gasteiger partial charge on any atom is -0.497 e. The molecule has 0 radical (unpaired) electrons. The maximum Gasteiger partial charge on any atom is 0.408 e. The van der Waals surface area contributed by atoms with Gasteiger partial charge in [0.05, 0.1) is 7.11 Å². The summed E-state index contributed by atoms with van der Waals surface area (Å²) >= 11 is 0. The lowest BCUT2D eigenvalue weighted by Crippen LogP contribution is -2.34. The van der Waals surface area contributed by atoms with Gasteiger partial charge in [0.1, 0.15) is 12.4 Å². The number of ether oxygens (including phenoxy) is 2. The van der Waals surface area contributed by atoms with E-state index in [4.69, 9.17) is 9.47 Å². The molecule has 3 aromatic carbocycles. The molecule has 0 spiro atoms. The van der Waals surface area contributed by atoms with Crippen LogP contribution in [-0.2, 0) is 9.53 Å². The van der Waals surface area contributed by atoms with Crippen LogP contribution < -0.4 is 10.1 Å². The predicted octanol–water partition coefficient (Wildman–Crippen LogP) is 4.36. The van der Waals surface area contributed by atoms with Gasteiger partial charge < -0.3 is 19.9 Å². The lowest BCUT2D eigenvalue weighted by Gasteiger charge is -2.18. The predicted molar refractivity (Wildman–Crippen MR) is 112 cm³/mol. The second kappa shape index (κ2) is 8.29. The number of alkyl carbamates (subject to hydrolysis) is 1. The monoisotopic (exact) mass is 403 g/mol. The van der Waals surface area contributed by atoms with Crippen molar-refractivity contribution in [1.29, 1.82) is 0 Å². The van der Waals surface area contributed by atoms with Crippen molar-refractivity contribution in [2.45, 2.75) is 12.0 Å². The van der Waals surface area contributed by atoms with Gasteiger partial charge in [0, 0.05) is 5.92 Å². The molecule has 30 heavy (non-hydrogen) atoms. The van der Waals surface area contributed by atoms with Gasteiger partial charge in [-0.05, 0) is 39.9 Å². The summed E-state index contributed by atoms with van der Waals surface area (Å²) in [5.41, 5.74) is 4.84. The number of benzene rings is 3. The largest absolute Gasteiger partial charge is 0.497 e. The SMILES string of the molecule is COc1cccc([C@H](NC(=O)OCC2c3ccccc3-c3ccccc32)C(=O)O)c1. The number of carboxylic acid groups (broad SMARTS) is 1. The Balaban J connectivity index is 1.48. The maximum atomic E-state index is 12.4. The summed E-state index contributed by atoms with van der Waals surface area (Å²) in [6.45, 7) is 0.115. The minimum absolute atomic E-state index is 0.0942. The molecule has 6 heteroatoms. The molecule has 0 saturated heterocycles. The van der Waals surface area contributed by atoms with Crippen LogP contribution in [0.2, 0.25) is 0 Å². The zero-order valence-electron chi connectivity index (χ0n) is 16.4. The standard InChI is InChI=1S/C24H21NO5/c1-29-16-8-6-7-15(13-16)22(23(26)27)25-24(28)30-14-21-19-11-4-2-9-17(19)18-10-3-5-12-20(18)21/h2-13,21-22H,14H2,1H3,(H,25,28)(H,26,27)/t22-/m0/s1. The average Bonchev–Trinajstić information content (AvgIpc) is 3.09. The van der Waals surface area contributed by atoms with E-state index in [0.717, 1.165) is 22.3 Å². The molecule has 1 aliphatic carbocycles. The van der Waals surface area contributed by atoms with Crippen LogP contribution >= 0.6 is 0 Å². The maximum absolute atomic E-state index is 12.4. The van der Waals surface area contributed by atoms with Gasteiger partial charge in [-0.25, -0.2) is 9.59 Å². The smallest absolute Gasteiger partial charge is 0.408 e. The number of carboxylic acids is 1. The zero-order valence-corrected chi connectivity index (χ0v) is 16.4. The van der Waals surface area contributed by atoms with Crippen molar-refractivity contribution in [3.63, 3.8) is 0 Å². The van der Waals surface area contributed by atoms with Gasteiger partial charge in [-0.2, -0.15) is 0 Å². The molecule has 0 fully saturated rings. The Hall–Kier alpha value is -3.80. The first-order valence-electron chi connectivity index (χ1n) is 9.56. The molecule has 6 nitrogen and oxygen atoms in total. The second-order valence-corrected chi connectivity index (χ2v) is 7.02. The molecule has 0 aromatic heterocycles. The van der Waals surface area contributed by atoms with E-state index in [9.17, 15) is 14.7 Å². The topological polar surface area (TPSA) is 84.9 Å². The van der Waals surface area contributed by atoms with Crippen molar-refractivity contribution in [3.8, 4) is 16.9 Å². The van der Waals surface area contributed by atoms with E-state index < -0.39 is 18.1 Å². The van der Waals surface area contributed by atoms with Crippen LogP contribution in [0.4, 0.5) is 4.79 Å². The Kier molecular flexibility index (Phi) is 5.39. The number of nitrogens with one attached hydrogen (secondary N) is 1. The third kappa shape index (κ3) is 3.72. The molecule has 1 atom stereocenters. The zero-order chi connectivity index (χ0) is 21.1. The van der Waals surface area contributed by atoms with Gasteiger partial charge >= 0.3 is 12.1 Å². The van der Waals surface area contributed by atoms with E-state index in [2.05, 4.69) is 17.4 Å². The molecule has 4 rings (SSSR count). The summed E-state index contributed by atoms with van der Waals surface area (Å²) in [6.07, 6.45) is -0.785. The molecule has 0 saturated carbocycles. The summed E-state index contributed by atoms with van der Waals surface area (Å²) in [5.74, 6) is -0.770. The van der Waals surface area contributed by atoms with Crippen LogP contribution in [0, 0.1) is 0 Å². The lowest BCUT2D eigenvalue weighted by molar-refractivity contribution is -0.139. The van der Waals surface area contributed by atoms with Crippen molar-refractivity contribution in [1.82, 2.24) is 5.32 Å². The Bertz CT molecular complexity index is 1050. The Labute approximate surface area is 174 Å². The number of hydrogen-bond acceptors (Lipinski definition) is 4. The van der Waals surface area contributed by atoms with E-state index >= 15 is 0 Å². The highest BCUT2D eigenvalue weighted by Gasteiger charge is 2.30. The molecular formula is C24H21NO5. The fourth-order valence-corrected chi connectivity index (χ4v) is 3.87. The Morgan fingerprint density at radius 2 is 1.60 bits per heavy atom. The number of hydrogen-bond donors (Lipinski definition) is 2. The third-order valence-corrected chi connectivity index (χ3v) is 5.28. The van der Waals surface area contributed by atoms with Gasteiger partial charge in [0.15, 0.2) is 6.04 Å². The highest BCUT2D eigenvalue weighted by atomic mass is 16.5. The van der Waals surface area contributed by atoms with Gasteiger partial charge in [-0.3, -0.25) is 0 Å². The summed E-state index contributed by atoms with van der Waals surface area (Å²) in [5, 5.41) is 12.0. The van der Waals surface area contributed by atoms with E-state index in [-0.39, 0.29) is 12.5 Å². The average molecular weight is 403 g/mol. The third-order valence-electron chi connectivity index (χ3n) is 5.28. The summed E-state index contributed by atoms with van der Waals surface area (Å²) in [6, 6.07) is 21.4. The van der Waals surface area contributed by atoms with E-state index in [0.29, 0.717) is 11.3 Å². The fourth-order valence-electron chi connectivity index (χ4n) is 3.87. The van der Waals surface area contributed by atoms with Crippen molar-refractivity contribution in [3.05, 3.63) is 89.5 Å². The van der Waals surface area contributed by atoms with Crippen molar-refractivity contribution in [2.75, 3.05) is 13.7 Å². The van der Waals surface area contributed by atoms with Gasteiger partial charge in [-0.15, -0.1) is 0 Å². The number of carbonyl (C=O) groups excluding carboxylic acids is 1. The normalized spacial score (nSPS) is 13.1. The van der Waals surface area contributed by atoms with E-state index in [1.807, 2.05) is 36.4 Å². The molecule has 2 N–H and O–H groups in total. The van der Waals surface area contributed by atoms with Gasteiger partial charge in [-0.1, -0.05) is 60.7 Å². The fraction of sp³-hybridized carbons (Fsp3) is 0.167. The number of carbonyl (C=O) groups is 2. The molecular weight excluding hydrogens is 382 g/mol. The van der Waals surface area contributed by atoms with Crippen LogP contribution in [0.3, 0.4) is 0 Å². The highest BCUT2D eigenvalue weighted by Crippen LogP contribution is 2.44. The van der Waals surface area contributed by atoms with Crippen molar-refractivity contribution < 1.29 is 24.2 Å². The first kappa shape index (κ1) is 19.5. The van der Waals surface area contributed by atoms with E-state index in [1.165, 1.54) is 7.11 Å². The molecule has 0 bridgehead atoms. The van der Waals surface area contributed by atoms with Crippen molar-refractivity contribution in [2.24, 2.45) is 0 Å². The number of fused-ring (bicyclic) bond motifs is 3. The van der Waals surface area contributed by atoms with Crippen LogP contribution in [0.1, 0.15) is 28.7 Å². The second-order valence-electron chi connectivity index (χ2n) is 7.02. The first-order chi connectivity index (χ1) is 14.6. The quantitative estimate of drug-likeness (QED) is 0.639. The number of rotatable bonds is 6. The molecule has 152 valence electrons.